The molecule has 134 valence electrons. The molecule has 2 aromatic carbocycles. The van der Waals surface area contributed by atoms with Crippen molar-refractivity contribution in [3.05, 3.63) is 65.2 Å². The highest BCUT2D eigenvalue weighted by Crippen LogP contribution is 2.12. The van der Waals surface area contributed by atoms with Crippen LogP contribution in [0.15, 0.2) is 48.5 Å². The Morgan fingerprint density at radius 2 is 1.69 bits per heavy atom. The monoisotopic (exact) mass is 350 g/mol. The second-order valence-electron chi connectivity index (χ2n) is 6.99. The molecule has 0 spiro atoms. The minimum Gasteiger partial charge on any atom is -0.322 e. The van der Waals surface area contributed by atoms with Gasteiger partial charge in [-0.3, -0.25) is 4.79 Å². The lowest BCUT2D eigenvalue weighted by molar-refractivity contribution is -1.02. The lowest BCUT2D eigenvalue weighted by Gasteiger charge is -2.29. The van der Waals surface area contributed by atoms with E-state index in [9.17, 15) is 4.79 Å². The zero-order valence-electron chi connectivity index (χ0n) is 15.2. The Kier molecular flexibility index (Phi) is 6.00. The molecule has 0 aromatic heterocycles. The van der Waals surface area contributed by atoms with E-state index in [1.54, 1.807) is 23.1 Å². The maximum atomic E-state index is 12.3. The standard InChI is InChI=1S/C21H24N4O/c1-17-6-2-3-8-19(17)15-24-10-12-25(13-11-24)16-21(26)23-20-9-5-4-7-18(20)14-22/h2-9H,10-13,15-16H2,1H3,(H,23,26)/p+2. The Morgan fingerprint density at radius 3 is 2.42 bits per heavy atom. The molecular weight excluding hydrogens is 324 g/mol. The highest BCUT2D eigenvalue weighted by molar-refractivity contribution is 5.92. The summed E-state index contributed by atoms with van der Waals surface area (Å²) >= 11 is 0. The van der Waals surface area contributed by atoms with Crippen molar-refractivity contribution in [1.82, 2.24) is 0 Å². The van der Waals surface area contributed by atoms with E-state index in [1.807, 2.05) is 6.07 Å². The summed E-state index contributed by atoms with van der Waals surface area (Å²) in [6, 6.07) is 17.8. The van der Waals surface area contributed by atoms with E-state index in [4.69, 9.17) is 5.26 Å². The van der Waals surface area contributed by atoms with Crippen molar-refractivity contribution in [2.75, 3.05) is 38.0 Å². The third-order valence-electron chi connectivity index (χ3n) is 5.10. The molecule has 1 aliphatic rings. The summed E-state index contributed by atoms with van der Waals surface area (Å²) in [5.41, 5.74) is 3.87. The van der Waals surface area contributed by atoms with Crippen molar-refractivity contribution in [3.8, 4) is 6.07 Å². The molecule has 1 heterocycles. The quantitative estimate of drug-likeness (QED) is 0.699. The number of hydrogen-bond donors (Lipinski definition) is 3. The zero-order valence-corrected chi connectivity index (χ0v) is 15.2. The largest absolute Gasteiger partial charge is 0.322 e. The fourth-order valence-corrected chi connectivity index (χ4v) is 3.50. The number of amides is 1. The van der Waals surface area contributed by atoms with Crippen LogP contribution in [0.5, 0.6) is 0 Å². The third-order valence-corrected chi connectivity index (χ3v) is 5.10. The number of aryl methyl sites for hydroxylation is 1. The van der Waals surface area contributed by atoms with Crippen LogP contribution in [0.1, 0.15) is 16.7 Å². The normalized spacial score (nSPS) is 19.5. The van der Waals surface area contributed by atoms with Crippen LogP contribution in [0.25, 0.3) is 0 Å². The molecule has 1 fully saturated rings. The van der Waals surface area contributed by atoms with Crippen LogP contribution in [-0.4, -0.2) is 38.6 Å². The maximum Gasteiger partial charge on any atom is 0.279 e. The first-order chi connectivity index (χ1) is 12.7. The second-order valence-corrected chi connectivity index (χ2v) is 6.99. The Hall–Kier alpha value is -2.68. The molecule has 5 heteroatoms. The molecule has 0 unspecified atom stereocenters. The topological polar surface area (TPSA) is 61.8 Å². The first kappa shape index (κ1) is 18.1. The van der Waals surface area contributed by atoms with Crippen molar-refractivity contribution in [1.29, 1.82) is 5.26 Å². The van der Waals surface area contributed by atoms with Gasteiger partial charge in [-0.2, -0.15) is 5.26 Å². The van der Waals surface area contributed by atoms with Crippen molar-refractivity contribution >= 4 is 11.6 Å². The summed E-state index contributed by atoms with van der Waals surface area (Å²) in [6.07, 6.45) is 0. The van der Waals surface area contributed by atoms with E-state index in [0.29, 0.717) is 17.8 Å². The van der Waals surface area contributed by atoms with E-state index in [2.05, 4.69) is 42.6 Å². The molecule has 26 heavy (non-hydrogen) atoms. The summed E-state index contributed by atoms with van der Waals surface area (Å²) in [5.74, 6) is -0.0231. The number of benzene rings is 2. The number of piperazine rings is 1. The average Bonchev–Trinajstić information content (AvgIpc) is 2.65. The number of quaternary nitrogens is 2. The van der Waals surface area contributed by atoms with Crippen LogP contribution in [-0.2, 0) is 11.3 Å². The highest BCUT2D eigenvalue weighted by atomic mass is 16.2. The van der Waals surface area contributed by atoms with Crippen molar-refractivity contribution < 1.29 is 14.6 Å². The van der Waals surface area contributed by atoms with Gasteiger partial charge >= 0.3 is 0 Å². The number of carbonyl (C=O) groups excluding carboxylic acids is 1. The molecule has 0 aliphatic carbocycles. The zero-order chi connectivity index (χ0) is 18.4. The van der Waals surface area contributed by atoms with E-state index in [1.165, 1.54) is 16.0 Å². The molecule has 2 aromatic rings. The molecule has 1 amide bonds. The number of anilines is 1. The Morgan fingerprint density at radius 1 is 1.04 bits per heavy atom. The molecular formula is C21H26N4O+2. The van der Waals surface area contributed by atoms with Crippen LogP contribution in [0.3, 0.4) is 0 Å². The predicted octanol–water partition coefficient (Wildman–Crippen LogP) is -0.211. The first-order valence-corrected chi connectivity index (χ1v) is 9.16. The van der Waals surface area contributed by atoms with Crippen LogP contribution >= 0.6 is 0 Å². The van der Waals surface area contributed by atoms with Crippen molar-refractivity contribution in [3.63, 3.8) is 0 Å². The van der Waals surface area contributed by atoms with E-state index >= 15 is 0 Å². The molecule has 0 saturated carbocycles. The highest BCUT2D eigenvalue weighted by Gasteiger charge is 2.25. The predicted molar refractivity (Wildman–Crippen MR) is 101 cm³/mol. The van der Waals surface area contributed by atoms with Gasteiger partial charge in [-0.25, -0.2) is 0 Å². The molecule has 3 N–H and O–H groups in total. The van der Waals surface area contributed by atoms with Crippen LogP contribution in [0.4, 0.5) is 5.69 Å². The Bertz CT molecular complexity index is 804. The summed E-state index contributed by atoms with van der Waals surface area (Å²) in [4.78, 5) is 15.2. The summed E-state index contributed by atoms with van der Waals surface area (Å²) in [5, 5.41) is 12.0. The number of nitriles is 1. The SMILES string of the molecule is Cc1ccccc1C[NH+]1CC[NH+](CC(=O)Nc2ccccc2C#N)CC1. The van der Waals surface area contributed by atoms with Crippen molar-refractivity contribution in [2.45, 2.75) is 13.5 Å². The van der Waals surface area contributed by atoms with Crippen molar-refractivity contribution in [2.24, 2.45) is 0 Å². The van der Waals surface area contributed by atoms with Gasteiger partial charge in [0.2, 0.25) is 0 Å². The number of para-hydroxylation sites is 1. The summed E-state index contributed by atoms with van der Waals surface area (Å²) in [6.45, 7) is 7.82. The molecule has 0 bridgehead atoms. The minimum atomic E-state index is -0.0231. The first-order valence-electron chi connectivity index (χ1n) is 9.16. The van der Waals surface area contributed by atoms with Gasteiger partial charge < -0.3 is 15.1 Å². The van der Waals surface area contributed by atoms with E-state index in [-0.39, 0.29) is 5.91 Å². The van der Waals surface area contributed by atoms with Gasteiger partial charge in [0.05, 0.1) is 11.3 Å². The number of rotatable bonds is 5. The van der Waals surface area contributed by atoms with Gasteiger partial charge in [0.1, 0.15) is 38.8 Å². The molecule has 3 rings (SSSR count). The molecule has 5 nitrogen and oxygen atoms in total. The van der Waals surface area contributed by atoms with Gasteiger partial charge in [0.15, 0.2) is 6.54 Å². The maximum absolute atomic E-state index is 12.3. The number of carbonyl (C=O) groups is 1. The fraction of sp³-hybridized carbons (Fsp3) is 0.333. The van der Waals surface area contributed by atoms with Gasteiger partial charge in [0, 0.05) is 5.56 Å². The molecule has 0 atom stereocenters. The van der Waals surface area contributed by atoms with Crippen LogP contribution in [0, 0.1) is 18.3 Å². The Balaban J connectivity index is 1.47. The summed E-state index contributed by atoms with van der Waals surface area (Å²) < 4.78 is 0. The fourth-order valence-electron chi connectivity index (χ4n) is 3.50. The Labute approximate surface area is 154 Å². The lowest BCUT2D eigenvalue weighted by Crippen LogP contribution is -3.28. The molecule has 1 saturated heterocycles. The van der Waals surface area contributed by atoms with Gasteiger partial charge in [-0.1, -0.05) is 36.4 Å². The van der Waals surface area contributed by atoms with Gasteiger partial charge in [0.25, 0.3) is 5.91 Å². The van der Waals surface area contributed by atoms with Crippen LogP contribution < -0.4 is 15.1 Å². The molecule has 0 radical (unpaired) electrons. The number of nitrogens with zero attached hydrogens (tertiary/aromatic N) is 1. The average molecular weight is 350 g/mol. The molecule has 1 aliphatic heterocycles. The summed E-state index contributed by atoms with van der Waals surface area (Å²) in [7, 11) is 0. The number of hydrogen-bond acceptors (Lipinski definition) is 2. The lowest BCUT2D eigenvalue weighted by atomic mass is 10.1. The second kappa shape index (κ2) is 8.61. The minimum absolute atomic E-state index is 0.0231. The van der Waals surface area contributed by atoms with E-state index in [0.717, 1.165) is 32.7 Å². The van der Waals surface area contributed by atoms with Gasteiger partial charge in [-0.05, 0) is 24.6 Å². The van der Waals surface area contributed by atoms with E-state index < -0.39 is 0 Å². The number of nitrogens with one attached hydrogen (secondary N) is 3. The van der Waals surface area contributed by atoms with Gasteiger partial charge in [-0.15, -0.1) is 0 Å². The smallest absolute Gasteiger partial charge is 0.279 e. The third kappa shape index (κ3) is 4.69. The van der Waals surface area contributed by atoms with Crippen LogP contribution in [0.2, 0.25) is 0 Å².